The summed E-state index contributed by atoms with van der Waals surface area (Å²) in [7, 11) is -3.73. The van der Waals surface area contributed by atoms with E-state index < -0.39 is 15.6 Å². The van der Waals surface area contributed by atoms with Gasteiger partial charge in [0.2, 0.25) is 10.0 Å². The first kappa shape index (κ1) is 16.8. The summed E-state index contributed by atoms with van der Waals surface area (Å²) in [4.78, 5) is 11.3. The average Bonchev–Trinajstić information content (AvgIpc) is 2.37. The van der Waals surface area contributed by atoms with E-state index in [1.807, 2.05) is 6.92 Å². The van der Waals surface area contributed by atoms with Crippen molar-refractivity contribution < 1.29 is 18.3 Å². The highest BCUT2D eigenvalue weighted by Gasteiger charge is 2.23. The predicted molar refractivity (Wildman–Crippen MR) is 77.2 cm³/mol. The Labute approximate surface area is 120 Å². The highest BCUT2D eigenvalue weighted by molar-refractivity contribution is 7.89. The number of Topliss-reactive ketones (excluding diaryl/α,β-unsaturated/α-hetero) is 1. The Morgan fingerprint density at radius 3 is 2.60 bits per heavy atom. The Morgan fingerprint density at radius 2 is 2.05 bits per heavy atom. The molecule has 112 valence electrons. The van der Waals surface area contributed by atoms with Crippen LogP contribution in [0.3, 0.4) is 0 Å². The second-order valence-corrected chi connectivity index (χ2v) is 6.92. The van der Waals surface area contributed by atoms with Crippen LogP contribution in [-0.2, 0) is 10.0 Å². The molecule has 1 aromatic carbocycles. The van der Waals surface area contributed by atoms with Crippen molar-refractivity contribution in [1.82, 2.24) is 4.72 Å². The number of hydrogen-bond acceptors (Lipinski definition) is 4. The van der Waals surface area contributed by atoms with E-state index in [1.54, 1.807) is 13.0 Å². The molecular formula is C14H21NO4S. The standard InChI is InChI=1S/C14H21NO4S/c1-4-8-14(3,17)10-15-20(18,19)13-7-5-6-12(9-13)11(2)16/h5-7,9,15,17H,4,8,10H2,1-3H3. The third-order valence-corrected chi connectivity index (χ3v) is 4.38. The minimum atomic E-state index is -3.73. The smallest absolute Gasteiger partial charge is 0.240 e. The summed E-state index contributed by atoms with van der Waals surface area (Å²) in [6.07, 6.45) is 1.26. The monoisotopic (exact) mass is 299 g/mol. The summed E-state index contributed by atoms with van der Waals surface area (Å²) >= 11 is 0. The summed E-state index contributed by atoms with van der Waals surface area (Å²) in [5.74, 6) is -0.194. The largest absolute Gasteiger partial charge is 0.389 e. The van der Waals surface area contributed by atoms with E-state index in [0.29, 0.717) is 12.0 Å². The van der Waals surface area contributed by atoms with Crippen LogP contribution in [0.5, 0.6) is 0 Å². The lowest BCUT2D eigenvalue weighted by Crippen LogP contribution is -2.40. The molecule has 0 aliphatic carbocycles. The van der Waals surface area contributed by atoms with E-state index in [2.05, 4.69) is 4.72 Å². The van der Waals surface area contributed by atoms with Crippen LogP contribution in [-0.4, -0.2) is 31.5 Å². The zero-order chi connectivity index (χ0) is 15.4. The molecule has 0 saturated carbocycles. The first-order valence-corrected chi connectivity index (χ1v) is 7.99. The third-order valence-electron chi connectivity index (χ3n) is 2.98. The molecule has 0 aromatic heterocycles. The van der Waals surface area contributed by atoms with E-state index in [-0.39, 0.29) is 17.2 Å². The minimum Gasteiger partial charge on any atom is -0.389 e. The third kappa shape index (κ3) is 4.70. The Balaban J connectivity index is 2.89. The van der Waals surface area contributed by atoms with Crippen LogP contribution in [0.1, 0.15) is 44.0 Å². The first-order chi connectivity index (χ1) is 9.18. The normalized spacial score (nSPS) is 14.8. The van der Waals surface area contributed by atoms with Crippen molar-refractivity contribution in [3.63, 3.8) is 0 Å². The fraction of sp³-hybridized carbons (Fsp3) is 0.500. The number of ketones is 1. The molecule has 1 atom stereocenters. The number of carbonyl (C=O) groups is 1. The van der Waals surface area contributed by atoms with Crippen molar-refractivity contribution in [1.29, 1.82) is 0 Å². The number of sulfonamides is 1. The minimum absolute atomic E-state index is 0.0255. The molecule has 2 N–H and O–H groups in total. The summed E-state index contributed by atoms with van der Waals surface area (Å²) in [6.45, 7) is 4.82. The van der Waals surface area contributed by atoms with Gasteiger partial charge in [-0.15, -0.1) is 0 Å². The van der Waals surface area contributed by atoms with Crippen molar-refractivity contribution in [3.8, 4) is 0 Å². The molecule has 1 unspecified atom stereocenters. The first-order valence-electron chi connectivity index (χ1n) is 6.51. The van der Waals surface area contributed by atoms with Crippen LogP contribution in [0.4, 0.5) is 0 Å². The van der Waals surface area contributed by atoms with Gasteiger partial charge in [0.1, 0.15) is 0 Å². The SMILES string of the molecule is CCCC(C)(O)CNS(=O)(=O)c1cccc(C(C)=O)c1. The van der Waals surface area contributed by atoms with Crippen molar-refractivity contribution >= 4 is 15.8 Å². The Hall–Kier alpha value is -1.24. The zero-order valence-corrected chi connectivity index (χ0v) is 12.8. The second kappa shape index (κ2) is 6.47. The van der Waals surface area contributed by atoms with Gasteiger partial charge in [0.05, 0.1) is 10.5 Å². The summed E-state index contributed by atoms with van der Waals surface area (Å²) < 4.78 is 26.6. The molecule has 0 fully saturated rings. The molecule has 1 rings (SSSR count). The Bertz CT molecular complexity index is 579. The van der Waals surface area contributed by atoms with Crippen molar-refractivity contribution in [3.05, 3.63) is 29.8 Å². The Morgan fingerprint density at radius 1 is 1.40 bits per heavy atom. The summed E-state index contributed by atoms with van der Waals surface area (Å²) in [5.41, 5.74) is -0.742. The highest BCUT2D eigenvalue weighted by Crippen LogP contribution is 2.15. The van der Waals surface area contributed by atoms with Crippen molar-refractivity contribution in [2.45, 2.75) is 44.1 Å². The lowest BCUT2D eigenvalue weighted by molar-refractivity contribution is 0.0554. The number of aliphatic hydroxyl groups is 1. The van der Waals surface area contributed by atoms with Crippen LogP contribution in [0.25, 0.3) is 0 Å². The van der Waals surface area contributed by atoms with Gasteiger partial charge >= 0.3 is 0 Å². The van der Waals surface area contributed by atoms with Gasteiger partial charge in [0, 0.05) is 12.1 Å². The summed E-state index contributed by atoms with van der Waals surface area (Å²) in [5, 5.41) is 9.99. The van der Waals surface area contributed by atoms with Gasteiger partial charge in [0.15, 0.2) is 5.78 Å². The van der Waals surface area contributed by atoms with E-state index >= 15 is 0 Å². The maximum Gasteiger partial charge on any atom is 0.240 e. The molecular weight excluding hydrogens is 278 g/mol. The van der Waals surface area contributed by atoms with Gasteiger partial charge < -0.3 is 5.11 Å². The molecule has 6 heteroatoms. The molecule has 0 heterocycles. The molecule has 1 aromatic rings. The van der Waals surface area contributed by atoms with Crippen LogP contribution < -0.4 is 4.72 Å². The lowest BCUT2D eigenvalue weighted by Gasteiger charge is -2.22. The van der Waals surface area contributed by atoms with E-state index in [0.717, 1.165) is 6.42 Å². The number of hydrogen-bond donors (Lipinski definition) is 2. The number of nitrogens with one attached hydrogen (secondary N) is 1. The van der Waals surface area contributed by atoms with Crippen molar-refractivity contribution in [2.24, 2.45) is 0 Å². The van der Waals surface area contributed by atoms with Crippen LogP contribution in [0, 0.1) is 0 Å². The van der Waals surface area contributed by atoms with E-state index in [9.17, 15) is 18.3 Å². The van der Waals surface area contributed by atoms with Gasteiger partial charge in [-0.2, -0.15) is 0 Å². The second-order valence-electron chi connectivity index (χ2n) is 5.16. The average molecular weight is 299 g/mol. The van der Waals surface area contributed by atoms with E-state index in [1.165, 1.54) is 25.1 Å². The molecule has 0 bridgehead atoms. The van der Waals surface area contributed by atoms with Gasteiger partial charge in [0.25, 0.3) is 0 Å². The van der Waals surface area contributed by atoms with Gasteiger partial charge in [-0.1, -0.05) is 25.5 Å². The Kier molecular flexibility index (Phi) is 5.44. The topological polar surface area (TPSA) is 83.5 Å². The van der Waals surface area contributed by atoms with Crippen molar-refractivity contribution in [2.75, 3.05) is 6.54 Å². The fourth-order valence-electron chi connectivity index (χ4n) is 1.84. The van der Waals surface area contributed by atoms with Crippen LogP contribution in [0.2, 0.25) is 0 Å². The fourth-order valence-corrected chi connectivity index (χ4v) is 3.05. The lowest BCUT2D eigenvalue weighted by atomic mass is 10.0. The molecule has 0 amide bonds. The van der Waals surface area contributed by atoms with Gasteiger partial charge in [-0.25, -0.2) is 13.1 Å². The maximum absolute atomic E-state index is 12.1. The molecule has 0 spiro atoms. The van der Waals surface area contributed by atoms with Crippen LogP contribution >= 0.6 is 0 Å². The quantitative estimate of drug-likeness (QED) is 0.751. The van der Waals surface area contributed by atoms with Crippen LogP contribution in [0.15, 0.2) is 29.2 Å². The number of rotatable bonds is 7. The van der Waals surface area contributed by atoms with Gasteiger partial charge in [-0.3, -0.25) is 4.79 Å². The zero-order valence-electron chi connectivity index (χ0n) is 12.0. The molecule has 0 aliphatic rings. The van der Waals surface area contributed by atoms with E-state index in [4.69, 9.17) is 0 Å². The molecule has 0 radical (unpaired) electrons. The maximum atomic E-state index is 12.1. The predicted octanol–water partition coefficient (Wildman–Crippen LogP) is 1.72. The summed E-state index contributed by atoms with van der Waals surface area (Å²) in [6, 6.07) is 5.84. The molecule has 20 heavy (non-hydrogen) atoms. The highest BCUT2D eigenvalue weighted by atomic mass is 32.2. The molecule has 0 aliphatic heterocycles. The molecule has 5 nitrogen and oxygen atoms in total. The number of carbonyl (C=O) groups excluding carboxylic acids is 1. The van der Waals surface area contributed by atoms with Gasteiger partial charge in [-0.05, 0) is 32.4 Å². The molecule has 0 saturated heterocycles. The number of benzene rings is 1.